The molecule has 6 heteroatoms. The van der Waals surface area contributed by atoms with E-state index in [2.05, 4.69) is 46.2 Å². The number of hydrogen-bond donors (Lipinski definition) is 1. The predicted octanol–water partition coefficient (Wildman–Crippen LogP) is 2.62. The molecule has 2 aromatic carbocycles. The lowest BCUT2D eigenvalue weighted by Gasteiger charge is -2.39. The van der Waals surface area contributed by atoms with E-state index in [1.54, 1.807) is 7.11 Å². The van der Waals surface area contributed by atoms with Crippen molar-refractivity contribution in [3.8, 4) is 5.75 Å². The Bertz CT molecular complexity index is 875. The van der Waals surface area contributed by atoms with Gasteiger partial charge in [-0.25, -0.2) is 0 Å². The van der Waals surface area contributed by atoms with Crippen molar-refractivity contribution >= 4 is 5.91 Å². The zero-order valence-electron chi connectivity index (χ0n) is 19.9. The lowest BCUT2D eigenvalue weighted by atomic mass is 9.88. The average Bonchev–Trinajstić information content (AvgIpc) is 2.88. The van der Waals surface area contributed by atoms with Crippen molar-refractivity contribution in [1.29, 1.82) is 0 Å². The molecule has 2 aliphatic rings. The second-order valence-electron chi connectivity index (χ2n) is 9.35. The van der Waals surface area contributed by atoms with Crippen LogP contribution in [0.5, 0.6) is 5.75 Å². The predicted molar refractivity (Wildman–Crippen MR) is 132 cm³/mol. The van der Waals surface area contributed by atoms with E-state index in [-0.39, 0.29) is 17.9 Å². The molecule has 0 aromatic heterocycles. The molecule has 33 heavy (non-hydrogen) atoms. The summed E-state index contributed by atoms with van der Waals surface area (Å²) in [7, 11) is 1.71. The molecule has 0 radical (unpaired) electrons. The molecule has 2 aromatic rings. The molecule has 1 atom stereocenters. The van der Waals surface area contributed by atoms with Gasteiger partial charge in [0.2, 0.25) is 5.91 Å². The molecule has 2 aliphatic heterocycles. The van der Waals surface area contributed by atoms with Crippen molar-refractivity contribution < 1.29 is 9.53 Å². The third kappa shape index (κ3) is 6.34. The number of methoxy groups -OCH3 is 1. The Hall–Kier alpha value is -2.41. The first-order valence-electron chi connectivity index (χ1n) is 12.3. The largest absolute Gasteiger partial charge is 0.496 e. The highest BCUT2D eigenvalue weighted by atomic mass is 16.5. The summed E-state index contributed by atoms with van der Waals surface area (Å²) in [6.07, 6.45) is 3.10. The van der Waals surface area contributed by atoms with Crippen molar-refractivity contribution in [2.24, 2.45) is 11.7 Å². The summed E-state index contributed by atoms with van der Waals surface area (Å²) >= 11 is 0. The maximum absolute atomic E-state index is 13.1. The van der Waals surface area contributed by atoms with Crippen LogP contribution >= 0.6 is 0 Å². The number of para-hydroxylation sites is 1. The van der Waals surface area contributed by atoms with E-state index in [1.165, 1.54) is 11.1 Å². The lowest BCUT2D eigenvalue weighted by Crippen LogP contribution is -2.55. The number of rotatable bonds is 8. The normalized spacial score (nSPS) is 19.4. The first-order valence-corrected chi connectivity index (χ1v) is 12.3. The zero-order chi connectivity index (χ0) is 23.0. The summed E-state index contributed by atoms with van der Waals surface area (Å²) in [5, 5.41) is 0. The molecule has 4 rings (SSSR count). The molecule has 0 saturated carbocycles. The van der Waals surface area contributed by atoms with Crippen LogP contribution < -0.4 is 10.5 Å². The molecule has 0 unspecified atom stereocenters. The van der Waals surface area contributed by atoms with Crippen molar-refractivity contribution in [3.63, 3.8) is 0 Å². The number of amides is 1. The zero-order valence-corrected chi connectivity index (χ0v) is 19.9. The smallest absolute Gasteiger partial charge is 0.239 e. The van der Waals surface area contributed by atoms with Gasteiger partial charge in [0, 0.05) is 44.8 Å². The average molecular weight is 451 g/mol. The summed E-state index contributed by atoms with van der Waals surface area (Å²) in [5.74, 6) is 1.35. The first kappa shape index (κ1) is 23.7. The molecular weight excluding hydrogens is 412 g/mol. The third-order valence-corrected chi connectivity index (χ3v) is 7.26. The fourth-order valence-electron chi connectivity index (χ4n) is 5.08. The van der Waals surface area contributed by atoms with Gasteiger partial charge in [0.15, 0.2) is 0 Å². The summed E-state index contributed by atoms with van der Waals surface area (Å²) in [6, 6.07) is 18.4. The summed E-state index contributed by atoms with van der Waals surface area (Å²) in [4.78, 5) is 20.0. The fourth-order valence-corrected chi connectivity index (χ4v) is 5.08. The van der Waals surface area contributed by atoms with Gasteiger partial charge in [0.05, 0.1) is 13.2 Å². The highest BCUT2D eigenvalue weighted by Gasteiger charge is 2.32. The number of ether oxygens (including phenoxy) is 1. The highest BCUT2D eigenvalue weighted by Crippen LogP contribution is 2.23. The summed E-state index contributed by atoms with van der Waals surface area (Å²) in [5.41, 5.74) is 9.07. The topological polar surface area (TPSA) is 62.0 Å². The van der Waals surface area contributed by atoms with E-state index in [4.69, 9.17) is 10.5 Å². The Kier molecular flexibility index (Phi) is 8.37. The molecule has 0 spiro atoms. The summed E-state index contributed by atoms with van der Waals surface area (Å²) in [6.45, 7) is 7.22. The molecule has 1 amide bonds. The minimum absolute atomic E-state index is 0.134. The molecular formula is C27H38N4O2. The Morgan fingerprint density at radius 1 is 0.939 bits per heavy atom. The molecule has 0 bridgehead atoms. The number of piperazine rings is 1. The molecule has 2 fully saturated rings. The number of carbonyl (C=O) groups is 1. The molecule has 0 aliphatic carbocycles. The van der Waals surface area contributed by atoms with Crippen LogP contribution in [0.1, 0.15) is 24.0 Å². The van der Waals surface area contributed by atoms with Crippen molar-refractivity contribution in [2.45, 2.75) is 31.8 Å². The van der Waals surface area contributed by atoms with Gasteiger partial charge in [-0.3, -0.25) is 9.69 Å². The first-order chi connectivity index (χ1) is 16.1. The van der Waals surface area contributed by atoms with Crippen LogP contribution in [0.2, 0.25) is 0 Å². The number of hydrogen-bond acceptors (Lipinski definition) is 5. The van der Waals surface area contributed by atoms with Crippen LogP contribution in [0.4, 0.5) is 0 Å². The third-order valence-electron chi connectivity index (χ3n) is 7.26. The number of nitrogens with zero attached hydrogens (tertiary/aromatic N) is 3. The van der Waals surface area contributed by atoms with Crippen LogP contribution in [0.3, 0.4) is 0 Å². The SMILES string of the molecule is COc1ccccc1CN1CCN(C(=O)[C@H](N)C2CCN(CCc3ccccc3)CC2)CC1. The van der Waals surface area contributed by atoms with E-state index < -0.39 is 0 Å². The lowest BCUT2D eigenvalue weighted by molar-refractivity contribution is -0.136. The Morgan fingerprint density at radius 3 is 2.30 bits per heavy atom. The van der Waals surface area contributed by atoms with E-state index >= 15 is 0 Å². The van der Waals surface area contributed by atoms with Crippen LogP contribution in [0.15, 0.2) is 54.6 Å². The number of nitrogens with two attached hydrogens (primary N) is 1. The van der Waals surface area contributed by atoms with E-state index in [0.29, 0.717) is 0 Å². The highest BCUT2D eigenvalue weighted by molar-refractivity contribution is 5.82. The second-order valence-corrected chi connectivity index (χ2v) is 9.35. The van der Waals surface area contributed by atoms with E-state index in [0.717, 1.165) is 77.4 Å². The number of carbonyl (C=O) groups excluding carboxylic acids is 1. The second kappa shape index (κ2) is 11.6. The Labute approximate surface area is 198 Å². The van der Waals surface area contributed by atoms with Gasteiger partial charge in [-0.05, 0) is 49.9 Å². The van der Waals surface area contributed by atoms with Gasteiger partial charge in [-0.15, -0.1) is 0 Å². The van der Waals surface area contributed by atoms with Gasteiger partial charge < -0.3 is 20.3 Å². The van der Waals surface area contributed by atoms with Crippen molar-refractivity contribution in [1.82, 2.24) is 14.7 Å². The number of piperidine rings is 1. The van der Waals surface area contributed by atoms with Crippen molar-refractivity contribution in [3.05, 3.63) is 65.7 Å². The van der Waals surface area contributed by atoms with Gasteiger partial charge in [0.25, 0.3) is 0 Å². The molecule has 178 valence electrons. The van der Waals surface area contributed by atoms with Crippen molar-refractivity contribution in [2.75, 3.05) is 52.9 Å². The maximum Gasteiger partial charge on any atom is 0.239 e. The Morgan fingerprint density at radius 2 is 1.61 bits per heavy atom. The van der Waals surface area contributed by atoms with Gasteiger partial charge in [0.1, 0.15) is 5.75 Å². The monoisotopic (exact) mass is 450 g/mol. The number of likely N-dealkylation sites (tertiary alicyclic amines) is 1. The molecule has 2 saturated heterocycles. The van der Waals surface area contributed by atoms with Crippen LogP contribution in [0, 0.1) is 5.92 Å². The quantitative estimate of drug-likeness (QED) is 0.670. The Balaban J connectivity index is 1.19. The molecule has 6 nitrogen and oxygen atoms in total. The van der Waals surface area contributed by atoms with Gasteiger partial charge >= 0.3 is 0 Å². The number of benzene rings is 2. The maximum atomic E-state index is 13.1. The van der Waals surface area contributed by atoms with Crippen LogP contribution in [-0.2, 0) is 17.8 Å². The van der Waals surface area contributed by atoms with Gasteiger partial charge in [-0.1, -0.05) is 48.5 Å². The summed E-state index contributed by atoms with van der Waals surface area (Å²) < 4.78 is 5.48. The molecule has 2 heterocycles. The van der Waals surface area contributed by atoms with Crippen LogP contribution in [0.25, 0.3) is 0 Å². The minimum Gasteiger partial charge on any atom is -0.496 e. The minimum atomic E-state index is -0.373. The standard InChI is InChI=1S/C27H38N4O2/c1-33-25-10-6-5-9-24(25)21-30-17-19-31(20-18-30)27(32)26(28)23-12-15-29(16-13-23)14-11-22-7-3-2-4-8-22/h2-10,23,26H,11-21,28H2,1H3/t26-/m1/s1. The van der Waals surface area contributed by atoms with E-state index in [1.807, 2.05) is 23.1 Å². The van der Waals surface area contributed by atoms with Gasteiger partial charge in [-0.2, -0.15) is 0 Å². The molecule has 2 N–H and O–H groups in total. The van der Waals surface area contributed by atoms with E-state index in [9.17, 15) is 4.79 Å². The van der Waals surface area contributed by atoms with Crippen LogP contribution in [-0.4, -0.2) is 79.6 Å². The fraction of sp³-hybridized carbons (Fsp3) is 0.519.